The molecule has 0 aromatic rings. The van der Waals surface area contributed by atoms with E-state index < -0.39 is 17.0 Å². The van der Waals surface area contributed by atoms with Crippen molar-refractivity contribution in [1.82, 2.24) is 5.32 Å². The van der Waals surface area contributed by atoms with Crippen LogP contribution in [0, 0.1) is 0 Å². The molecule has 0 amide bonds. The van der Waals surface area contributed by atoms with E-state index in [9.17, 15) is 4.79 Å². The van der Waals surface area contributed by atoms with Gasteiger partial charge in [0.1, 0.15) is 11.0 Å². The molecule has 1 unspecified atom stereocenters. The molecule has 5 heteroatoms. The monoisotopic (exact) mass is 235 g/mol. The summed E-state index contributed by atoms with van der Waals surface area (Å²) in [5.41, 5.74) is 0. The van der Waals surface area contributed by atoms with Gasteiger partial charge in [0, 0.05) is 11.5 Å². The summed E-state index contributed by atoms with van der Waals surface area (Å²) in [5, 5.41) is 12.1. The van der Waals surface area contributed by atoms with Gasteiger partial charge in [0.15, 0.2) is 0 Å². The molecule has 1 aliphatic rings. The van der Waals surface area contributed by atoms with Crippen molar-refractivity contribution < 1.29 is 9.90 Å². The predicted octanol–water partition coefficient (Wildman–Crippen LogP) is 2.07. The fourth-order valence-corrected chi connectivity index (χ4v) is 1.57. The Bertz CT molecular complexity index is 301. The molecule has 0 fully saturated rings. The van der Waals surface area contributed by atoms with Gasteiger partial charge in [-0.25, -0.2) is 0 Å². The molecule has 0 heterocycles. The largest absolute Gasteiger partial charge is 0.480 e. The van der Waals surface area contributed by atoms with E-state index in [0.29, 0.717) is 11.5 Å². The van der Waals surface area contributed by atoms with Gasteiger partial charge in [-0.2, -0.15) is 0 Å². The minimum atomic E-state index is -0.931. The zero-order chi connectivity index (χ0) is 10.8. The third-order valence-corrected chi connectivity index (χ3v) is 2.60. The van der Waals surface area contributed by atoms with Gasteiger partial charge >= 0.3 is 5.97 Å². The normalized spacial score (nSPS) is 28.4. The highest BCUT2D eigenvalue weighted by Crippen LogP contribution is 2.26. The molecule has 0 aromatic carbocycles. The predicted molar refractivity (Wildman–Crippen MR) is 56.5 cm³/mol. The number of alkyl halides is 1. The molecule has 1 rings (SSSR count). The number of carboxylic acids is 1. The van der Waals surface area contributed by atoms with E-state index in [1.54, 1.807) is 25.2 Å². The fourth-order valence-electron chi connectivity index (χ4n) is 1.12. The van der Waals surface area contributed by atoms with E-state index >= 15 is 0 Å². The molecule has 0 spiro atoms. The van der Waals surface area contributed by atoms with E-state index in [1.807, 2.05) is 0 Å². The molecule has 0 aliphatic heterocycles. The highest BCUT2D eigenvalue weighted by atomic mass is 35.5. The lowest BCUT2D eigenvalue weighted by Crippen LogP contribution is -2.47. The molecule has 0 aromatic heterocycles. The number of carbonyl (C=O) groups is 1. The molecule has 3 nitrogen and oxygen atoms in total. The molecular formula is C9H11Cl2NO2. The Morgan fingerprint density at radius 3 is 2.86 bits per heavy atom. The maximum Gasteiger partial charge on any atom is 0.320 e. The number of carboxylic acid groups (broad SMARTS) is 1. The van der Waals surface area contributed by atoms with Crippen molar-refractivity contribution in [2.24, 2.45) is 0 Å². The van der Waals surface area contributed by atoms with Crippen molar-refractivity contribution in [3.63, 3.8) is 0 Å². The van der Waals surface area contributed by atoms with E-state index in [-0.39, 0.29) is 0 Å². The second kappa shape index (κ2) is 4.34. The van der Waals surface area contributed by atoms with Gasteiger partial charge in [0.2, 0.25) is 0 Å². The average Bonchev–Trinajstić information content (AvgIpc) is 2.10. The Labute approximate surface area is 92.4 Å². The first-order valence-corrected chi connectivity index (χ1v) is 4.93. The minimum absolute atomic E-state index is 0.474. The molecule has 0 radical (unpaired) electrons. The highest BCUT2D eigenvalue weighted by Gasteiger charge is 2.28. The van der Waals surface area contributed by atoms with Gasteiger partial charge in [-0.15, -0.1) is 0 Å². The van der Waals surface area contributed by atoms with Crippen molar-refractivity contribution in [3.05, 3.63) is 23.3 Å². The van der Waals surface area contributed by atoms with Gasteiger partial charge in [-0.05, 0) is 19.1 Å². The topological polar surface area (TPSA) is 49.3 Å². The van der Waals surface area contributed by atoms with E-state index in [0.717, 1.165) is 0 Å². The van der Waals surface area contributed by atoms with E-state index in [1.165, 1.54) is 0 Å². The lowest BCUT2D eigenvalue weighted by Gasteiger charge is -2.28. The van der Waals surface area contributed by atoms with Crippen LogP contribution in [0.2, 0.25) is 0 Å². The Morgan fingerprint density at radius 1 is 1.79 bits per heavy atom. The summed E-state index contributed by atoms with van der Waals surface area (Å²) in [6.45, 7) is 1.54. The summed E-state index contributed by atoms with van der Waals surface area (Å²) in [7, 11) is 0. The van der Waals surface area contributed by atoms with Crippen molar-refractivity contribution >= 4 is 29.2 Å². The zero-order valence-corrected chi connectivity index (χ0v) is 9.14. The third kappa shape index (κ3) is 3.01. The van der Waals surface area contributed by atoms with Gasteiger partial charge in [-0.3, -0.25) is 10.1 Å². The van der Waals surface area contributed by atoms with Gasteiger partial charge in [-0.1, -0.05) is 29.3 Å². The van der Waals surface area contributed by atoms with Crippen molar-refractivity contribution in [2.45, 2.75) is 24.4 Å². The summed E-state index contributed by atoms with van der Waals surface area (Å²) in [5.74, 6) is -0.931. The minimum Gasteiger partial charge on any atom is -0.480 e. The number of halogens is 2. The van der Waals surface area contributed by atoms with Gasteiger partial charge in [0.25, 0.3) is 0 Å². The summed E-state index contributed by atoms with van der Waals surface area (Å²) >= 11 is 11.8. The molecule has 0 saturated heterocycles. The summed E-state index contributed by atoms with van der Waals surface area (Å²) in [6.07, 6.45) is 5.54. The Morgan fingerprint density at radius 2 is 2.43 bits per heavy atom. The van der Waals surface area contributed by atoms with E-state index in [2.05, 4.69) is 5.32 Å². The number of hydrogen-bond acceptors (Lipinski definition) is 2. The maximum absolute atomic E-state index is 10.6. The lowest BCUT2D eigenvalue weighted by atomic mass is 10.1. The molecule has 0 saturated carbocycles. The molecular weight excluding hydrogens is 225 g/mol. The zero-order valence-electron chi connectivity index (χ0n) is 7.63. The molecule has 0 bridgehead atoms. The molecule has 1 aliphatic carbocycles. The standard InChI is InChI=1S/C9H11Cl2NO2/c1-6(8(13)14)12-9(11)4-2-7(10)3-5-9/h2-4,6,12H,5H2,1H3,(H,13,14)/t6-,9?/m0/s1. The average molecular weight is 236 g/mol. The Kier molecular flexibility index (Phi) is 3.59. The van der Waals surface area contributed by atoms with Crippen molar-refractivity contribution in [2.75, 3.05) is 0 Å². The maximum atomic E-state index is 10.6. The molecule has 2 N–H and O–H groups in total. The van der Waals surface area contributed by atoms with Crippen LogP contribution in [-0.2, 0) is 4.79 Å². The van der Waals surface area contributed by atoms with Crippen LogP contribution in [0.25, 0.3) is 0 Å². The van der Waals surface area contributed by atoms with Crippen LogP contribution in [0.1, 0.15) is 13.3 Å². The molecule has 78 valence electrons. The number of nitrogens with one attached hydrogen (secondary N) is 1. The van der Waals surface area contributed by atoms with Crippen LogP contribution in [-0.4, -0.2) is 22.1 Å². The fraction of sp³-hybridized carbons (Fsp3) is 0.444. The third-order valence-electron chi connectivity index (χ3n) is 1.93. The highest BCUT2D eigenvalue weighted by molar-refractivity contribution is 6.32. The Balaban J connectivity index is 2.61. The first-order valence-electron chi connectivity index (χ1n) is 4.17. The van der Waals surface area contributed by atoms with Crippen LogP contribution in [0.3, 0.4) is 0 Å². The first-order chi connectivity index (χ1) is 6.43. The van der Waals surface area contributed by atoms with Gasteiger partial charge in [0.05, 0.1) is 0 Å². The van der Waals surface area contributed by atoms with E-state index in [4.69, 9.17) is 28.3 Å². The number of allylic oxidation sites excluding steroid dienone is 2. The SMILES string of the molecule is C[C@H](NC1(Cl)C=CC(Cl)=CC1)C(=O)O. The lowest BCUT2D eigenvalue weighted by molar-refractivity contribution is -0.139. The van der Waals surface area contributed by atoms with Crippen LogP contribution >= 0.6 is 23.2 Å². The summed E-state index contributed by atoms with van der Waals surface area (Å²) in [4.78, 5) is 9.76. The Hall–Kier alpha value is -0.510. The van der Waals surface area contributed by atoms with Crippen molar-refractivity contribution in [3.8, 4) is 0 Å². The van der Waals surface area contributed by atoms with Crippen LogP contribution in [0.5, 0.6) is 0 Å². The number of hydrogen-bond donors (Lipinski definition) is 2. The quantitative estimate of drug-likeness (QED) is 0.582. The van der Waals surface area contributed by atoms with Crippen LogP contribution < -0.4 is 5.32 Å². The first kappa shape index (κ1) is 11.6. The van der Waals surface area contributed by atoms with Crippen LogP contribution in [0.4, 0.5) is 0 Å². The summed E-state index contributed by atoms with van der Waals surface area (Å²) in [6, 6.07) is -0.692. The number of rotatable bonds is 3. The van der Waals surface area contributed by atoms with Crippen LogP contribution in [0.15, 0.2) is 23.3 Å². The van der Waals surface area contributed by atoms with Crippen molar-refractivity contribution in [1.29, 1.82) is 0 Å². The number of aliphatic carboxylic acids is 1. The van der Waals surface area contributed by atoms with Gasteiger partial charge < -0.3 is 5.11 Å². The molecule has 14 heavy (non-hydrogen) atoms. The second-order valence-electron chi connectivity index (χ2n) is 3.19. The second-order valence-corrected chi connectivity index (χ2v) is 4.30. The smallest absolute Gasteiger partial charge is 0.320 e. The molecule has 2 atom stereocenters. The summed E-state index contributed by atoms with van der Waals surface area (Å²) < 4.78 is 0.